The molecule has 16 heavy (non-hydrogen) atoms. The third-order valence-electron chi connectivity index (χ3n) is 2.35. The molecule has 0 spiro atoms. The van der Waals surface area contributed by atoms with Gasteiger partial charge in [0.15, 0.2) is 0 Å². The van der Waals surface area contributed by atoms with Gasteiger partial charge in [0.05, 0.1) is 5.69 Å². The maximum absolute atomic E-state index is 5.74. The maximum atomic E-state index is 5.74. The monoisotopic (exact) mass is 260 g/mol. The average Bonchev–Trinajstić information content (AvgIpc) is 2.65. The fourth-order valence-electron chi connectivity index (χ4n) is 1.22. The predicted molar refractivity (Wildman–Crippen MR) is 72.4 cm³/mol. The molecule has 0 radical (unpaired) electrons. The van der Waals surface area contributed by atoms with Gasteiger partial charge in [-0.15, -0.1) is 22.9 Å². The number of alkyl halides is 1. The largest absolute Gasteiger partial charge is 0.310 e. The van der Waals surface area contributed by atoms with Gasteiger partial charge in [-0.25, -0.2) is 4.98 Å². The molecule has 0 aliphatic heterocycles. The van der Waals surface area contributed by atoms with Crippen molar-refractivity contribution in [1.82, 2.24) is 10.3 Å². The second kappa shape index (κ2) is 5.99. The van der Waals surface area contributed by atoms with Crippen LogP contribution >= 0.6 is 22.9 Å². The molecule has 0 bridgehead atoms. The van der Waals surface area contributed by atoms with Crippen LogP contribution in [-0.2, 0) is 12.0 Å². The molecule has 1 aromatic heterocycles. The first-order chi connectivity index (χ1) is 7.43. The van der Waals surface area contributed by atoms with Crippen molar-refractivity contribution in [2.75, 3.05) is 12.4 Å². The summed E-state index contributed by atoms with van der Waals surface area (Å²) in [6.45, 7) is 10.5. The fourth-order valence-corrected chi connectivity index (χ4v) is 2.32. The smallest absolute Gasteiger partial charge is 0.107 e. The van der Waals surface area contributed by atoms with Gasteiger partial charge >= 0.3 is 0 Å². The minimum atomic E-state index is 0.151. The Morgan fingerprint density at radius 1 is 1.50 bits per heavy atom. The first-order valence-electron chi connectivity index (χ1n) is 5.65. The second-order valence-corrected chi connectivity index (χ2v) is 6.52. The van der Waals surface area contributed by atoms with E-state index in [1.165, 1.54) is 5.69 Å². The van der Waals surface area contributed by atoms with Crippen LogP contribution in [0.15, 0.2) is 5.38 Å². The molecule has 4 heteroatoms. The highest BCUT2D eigenvalue weighted by Gasteiger charge is 2.17. The summed E-state index contributed by atoms with van der Waals surface area (Å²) in [5.41, 5.74) is 1.33. The summed E-state index contributed by atoms with van der Waals surface area (Å²) in [5.74, 6) is 1.22. The van der Waals surface area contributed by atoms with E-state index in [9.17, 15) is 0 Å². The van der Waals surface area contributed by atoms with Crippen molar-refractivity contribution < 1.29 is 0 Å². The molecule has 2 nitrogen and oxygen atoms in total. The van der Waals surface area contributed by atoms with Gasteiger partial charge in [0.25, 0.3) is 0 Å². The van der Waals surface area contributed by atoms with Crippen molar-refractivity contribution in [2.45, 2.75) is 39.7 Å². The minimum absolute atomic E-state index is 0.151. The minimum Gasteiger partial charge on any atom is -0.310 e. The molecule has 0 aliphatic rings. The lowest BCUT2D eigenvalue weighted by Crippen LogP contribution is -2.21. The van der Waals surface area contributed by atoms with Crippen LogP contribution in [0.1, 0.15) is 38.4 Å². The summed E-state index contributed by atoms with van der Waals surface area (Å²) >= 11 is 7.47. The Labute approximate surface area is 107 Å². The molecule has 1 atom stereocenters. The molecular formula is C12H21ClN2S. The summed E-state index contributed by atoms with van der Waals surface area (Å²) < 4.78 is 0. The number of nitrogens with zero attached hydrogens (tertiary/aromatic N) is 1. The quantitative estimate of drug-likeness (QED) is 0.821. The van der Waals surface area contributed by atoms with Crippen LogP contribution in [0.25, 0.3) is 0 Å². The molecule has 1 heterocycles. The van der Waals surface area contributed by atoms with Crippen LogP contribution in [0.2, 0.25) is 0 Å². The highest BCUT2D eigenvalue weighted by atomic mass is 35.5. The summed E-state index contributed by atoms with van der Waals surface area (Å²) in [4.78, 5) is 4.63. The Kier molecular flexibility index (Phi) is 5.22. The Hall–Kier alpha value is -0.120. The number of nitrogens with one attached hydrogen (secondary N) is 1. The van der Waals surface area contributed by atoms with Gasteiger partial charge in [-0.1, -0.05) is 27.7 Å². The van der Waals surface area contributed by atoms with Gasteiger partial charge in [-0.05, 0) is 12.5 Å². The maximum Gasteiger partial charge on any atom is 0.107 e. The predicted octanol–water partition coefficient (Wildman–Crippen LogP) is 3.41. The zero-order valence-electron chi connectivity index (χ0n) is 10.5. The summed E-state index contributed by atoms with van der Waals surface area (Å²) in [6.07, 6.45) is 0. The number of aromatic nitrogens is 1. The number of hydrogen-bond acceptors (Lipinski definition) is 3. The number of halogens is 1. The third-order valence-corrected chi connectivity index (χ3v) is 3.73. The SMILES string of the molecule is CC(CCl)CNCc1nc(C(C)(C)C)cs1. The zero-order chi connectivity index (χ0) is 12.2. The second-order valence-electron chi connectivity index (χ2n) is 5.27. The average molecular weight is 261 g/mol. The van der Waals surface area contributed by atoms with Crippen LogP contribution in [0.4, 0.5) is 0 Å². The molecule has 1 N–H and O–H groups in total. The van der Waals surface area contributed by atoms with Crippen molar-refractivity contribution >= 4 is 22.9 Å². The number of hydrogen-bond donors (Lipinski definition) is 1. The van der Waals surface area contributed by atoms with Gasteiger partial charge in [0, 0.05) is 23.2 Å². The number of rotatable bonds is 5. The summed E-state index contributed by atoms with van der Waals surface area (Å²) in [7, 11) is 0. The Morgan fingerprint density at radius 2 is 2.19 bits per heavy atom. The lowest BCUT2D eigenvalue weighted by molar-refractivity contribution is 0.547. The van der Waals surface area contributed by atoms with E-state index < -0.39 is 0 Å². The molecule has 1 unspecified atom stereocenters. The third kappa shape index (κ3) is 4.40. The van der Waals surface area contributed by atoms with Crippen molar-refractivity contribution in [3.63, 3.8) is 0 Å². The lowest BCUT2D eigenvalue weighted by Gasteiger charge is -2.14. The Bertz CT molecular complexity index is 317. The molecule has 0 aromatic carbocycles. The molecule has 0 saturated heterocycles. The fraction of sp³-hybridized carbons (Fsp3) is 0.750. The van der Waals surface area contributed by atoms with Crippen LogP contribution in [-0.4, -0.2) is 17.4 Å². The van der Waals surface area contributed by atoms with Gasteiger partial charge in [0.1, 0.15) is 5.01 Å². The van der Waals surface area contributed by atoms with E-state index in [0.29, 0.717) is 11.8 Å². The van der Waals surface area contributed by atoms with E-state index in [4.69, 9.17) is 11.6 Å². The van der Waals surface area contributed by atoms with E-state index in [1.54, 1.807) is 11.3 Å². The highest BCUT2D eigenvalue weighted by molar-refractivity contribution is 7.09. The molecule has 0 saturated carbocycles. The van der Waals surface area contributed by atoms with Crippen molar-refractivity contribution in [1.29, 1.82) is 0 Å². The first kappa shape index (κ1) is 13.9. The van der Waals surface area contributed by atoms with Crippen molar-refractivity contribution in [3.05, 3.63) is 16.1 Å². The van der Waals surface area contributed by atoms with Crippen LogP contribution in [0.5, 0.6) is 0 Å². The van der Waals surface area contributed by atoms with Gasteiger partial charge in [0.2, 0.25) is 0 Å². The van der Waals surface area contributed by atoms with Gasteiger partial charge in [-0.3, -0.25) is 0 Å². The Morgan fingerprint density at radius 3 is 2.69 bits per heavy atom. The Balaban J connectivity index is 2.41. The number of thiazole rings is 1. The normalized spacial score (nSPS) is 14.1. The molecule has 0 amide bonds. The van der Waals surface area contributed by atoms with Crippen LogP contribution in [0, 0.1) is 5.92 Å². The topological polar surface area (TPSA) is 24.9 Å². The molecule has 0 fully saturated rings. The molecule has 1 aromatic rings. The molecule has 0 aliphatic carbocycles. The van der Waals surface area contributed by atoms with E-state index in [2.05, 4.69) is 43.4 Å². The summed E-state index contributed by atoms with van der Waals surface area (Å²) in [5, 5.41) is 6.69. The van der Waals surface area contributed by atoms with Crippen LogP contribution in [0.3, 0.4) is 0 Å². The lowest BCUT2D eigenvalue weighted by atomic mass is 9.93. The van der Waals surface area contributed by atoms with E-state index in [-0.39, 0.29) is 5.41 Å². The standard InChI is InChI=1S/C12H21ClN2S/c1-9(5-13)6-14-7-11-15-10(8-16-11)12(2,3)4/h8-9,14H,5-7H2,1-4H3. The zero-order valence-corrected chi connectivity index (χ0v) is 12.1. The highest BCUT2D eigenvalue weighted by Crippen LogP contribution is 2.23. The van der Waals surface area contributed by atoms with Crippen molar-refractivity contribution in [2.24, 2.45) is 5.92 Å². The molecular weight excluding hydrogens is 240 g/mol. The molecule has 1 rings (SSSR count). The van der Waals surface area contributed by atoms with E-state index in [0.717, 1.165) is 18.1 Å². The van der Waals surface area contributed by atoms with Gasteiger partial charge in [-0.2, -0.15) is 0 Å². The first-order valence-corrected chi connectivity index (χ1v) is 7.06. The van der Waals surface area contributed by atoms with Crippen LogP contribution < -0.4 is 5.32 Å². The van der Waals surface area contributed by atoms with Crippen molar-refractivity contribution in [3.8, 4) is 0 Å². The summed E-state index contributed by atoms with van der Waals surface area (Å²) in [6, 6.07) is 0. The molecule has 92 valence electrons. The van der Waals surface area contributed by atoms with E-state index >= 15 is 0 Å². The van der Waals surface area contributed by atoms with E-state index in [1.807, 2.05) is 0 Å². The van der Waals surface area contributed by atoms with Gasteiger partial charge < -0.3 is 5.32 Å².